The molecule has 2 aromatic heterocycles. The Kier molecular flexibility index (Phi) is 3.84. The number of hydrogen-bond donors (Lipinski definition) is 0. The number of ether oxygens (including phenoxy) is 1. The third kappa shape index (κ3) is 2.63. The lowest BCUT2D eigenvalue weighted by Gasteiger charge is -2.23. The molecule has 2 aliphatic heterocycles. The number of rotatable bonds is 3. The van der Waals surface area contributed by atoms with Gasteiger partial charge in [0.2, 0.25) is 0 Å². The highest BCUT2D eigenvalue weighted by atomic mass is 16.5. The molecule has 2 saturated heterocycles. The van der Waals surface area contributed by atoms with Gasteiger partial charge < -0.3 is 14.2 Å². The molecule has 0 amide bonds. The van der Waals surface area contributed by atoms with Crippen molar-refractivity contribution in [2.24, 2.45) is 5.92 Å². The third-order valence-electron chi connectivity index (χ3n) is 5.07. The summed E-state index contributed by atoms with van der Waals surface area (Å²) in [6.07, 6.45) is 6.44. The van der Waals surface area contributed by atoms with E-state index in [9.17, 15) is 0 Å². The number of fused-ring (bicyclic) bond motifs is 1. The second-order valence-electron chi connectivity index (χ2n) is 6.71. The van der Waals surface area contributed by atoms with Gasteiger partial charge in [0.25, 0.3) is 0 Å². The lowest BCUT2D eigenvalue weighted by Crippen LogP contribution is -2.22. The molecule has 4 rings (SSSR count). The van der Waals surface area contributed by atoms with Gasteiger partial charge >= 0.3 is 0 Å². The number of hydrogen-bond acceptors (Lipinski definition) is 4. The quantitative estimate of drug-likeness (QED) is 0.872. The number of imidazole rings is 1. The zero-order chi connectivity index (χ0) is 14.9. The third-order valence-corrected chi connectivity index (χ3v) is 5.07. The van der Waals surface area contributed by atoms with E-state index in [1.165, 1.54) is 12.2 Å². The molecule has 0 saturated carbocycles. The van der Waals surface area contributed by atoms with Crippen molar-refractivity contribution >= 4 is 11.2 Å². The first kappa shape index (κ1) is 14.2. The summed E-state index contributed by atoms with van der Waals surface area (Å²) in [6.45, 7) is 4.06. The Morgan fingerprint density at radius 2 is 2.14 bits per heavy atom. The van der Waals surface area contributed by atoms with Crippen molar-refractivity contribution in [3.63, 3.8) is 0 Å². The van der Waals surface area contributed by atoms with Crippen LogP contribution in [0.1, 0.15) is 31.1 Å². The molecule has 5 heteroatoms. The minimum atomic E-state index is 0.514. The molecule has 4 heterocycles. The van der Waals surface area contributed by atoms with Crippen molar-refractivity contribution in [2.75, 3.05) is 33.4 Å². The Hall–Kier alpha value is -1.46. The van der Waals surface area contributed by atoms with Crippen molar-refractivity contribution in [3.05, 3.63) is 24.2 Å². The van der Waals surface area contributed by atoms with Crippen molar-refractivity contribution in [1.29, 1.82) is 0 Å². The Morgan fingerprint density at radius 3 is 2.91 bits per heavy atom. The van der Waals surface area contributed by atoms with Gasteiger partial charge in [-0.2, -0.15) is 0 Å². The summed E-state index contributed by atoms with van der Waals surface area (Å²) in [5.41, 5.74) is 2.10. The van der Waals surface area contributed by atoms with Gasteiger partial charge in [-0.05, 0) is 50.9 Å². The summed E-state index contributed by atoms with van der Waals surface area (Å²) in [5.74, 6) is 1.92. The van der Waals surface area contributed by atoms with Crippen LogP contribution in [0.4, 0.5) is 0 Å². The number of likely N-dealkylation sites (N-methyl/N-ethyl adjacent to an activating group) is 1. The van der Waals surface area contributed by atoms with Crippen LogP contribution in [0.2, 0.25) is 0 Å². The van der Waals surface area contributed by atoms with Crippen LogP contribution in [0.3, 0.4) is 0 Å². The van der Waals surface area contributed by atoms with E-state index in [1.807, 2.05) is 12.3 Å². The van der Waals surface area contributed by atoms with Crippen LogP contribution in [0, 0.1) is 5.92 Å². The van der Waals surface area contributed by atoms with Gasteiger partial charge in [-0.3, -0.25) is 0 Å². The van der Waals surface area contributed by atoms with E-state index >= 15 is 0 Å². The summed E-state index contributed by atoms with van der Waals surface area (Å²) < 4.78 is 7.92. The topological polar surface area (TPSA) is 43.2 Å². The first-order chi connectivity index (χ1) is 10.8. The van der Waals surface area contributed by atoms with Gasteiger partial charge in [-0.25, -0.2) is 9.97 Å². The van der Waals surface area contributed by atoms with Crippen LogP contribution in [-0.4, -0.2) is 52.8 Å². The number of pyridine rings is 1. The van der Waals surface area contributed by atoms with Crippen LogP contribution < -0.4 is 0 Å². The summed E-state index contributed by atoms with van der Waals surface area (Å²) >= 11 is 0. The highest BCUT2D eigenvalue weighted by molar-refractivity contribution is 5.71. The number of likely N-dealkylation sites (tertiary alicyclic amines) is 1. The largest absolute Gasteiger partial charge is 0.381 e. The minimum Gasteiger partial charge on any atom is -0.381 e. The second-order valence-corrected chi connectivity index (χ2v) is 6.71. The molecular weight excluding hydrogens is 276 g/mol. The van der Waals surface area contributed by atoms with E-state index in [0.717, 1.165) is 56.7 Å². The molecule has 22 heavy (non-hydrogen) atoms. The Bertz CT molecular complexity index is 647. The van der Waals surface area contributed by atoms with Crippen LogP contribution in [0.15, 0.2) is 18.3 Å². The highest BCUT2D eigenvalue weighted by Gasteiger charge is 2.27. The molecule has 2 aromatic rings. The maximum absolute atomic E-state index is 5.49. The second kappa shape index (κ2) is 5.97. The fraction of sp³-hybridized carbons (Fsp3) is 0.647. The average Bonchev–Trinajstić information content (AvgIpc) is 3.11. The van der Waals surface area contributed by atoms with Gasteiger partial charge in [0.05, 0.1) is 6.04 Å². The van der Waals surface area contributed by atoms with Crippen molar-refractivity contribution < 1.29 is 4.74 Å². The normalized spacial score (nSPS) is 24.3. The Morgan fingerprint density at radius 1 is 1.27 bits per heavy atom. The van der Waals surface area contributed by atoms with Crippen LogP contribution in [0.25, 0.3) is 11.2 Å². The van der Waals surface area contributed by atoms with Crippen molar-refractivity contribution in [3.8, 4) is 0 Å². The summed E-state index contributed by atoms with van der Waals surface area (Å²) in [7, 11) is 2.20. The molecule has 1 unspecified atom stereocenters. The fourth-order valence-electron chi connectivity index (χ4n) is 3.84. The average molecular weight is 300 g/mol. The standard InChI is InChI=1S/C17H24N4O/c1-20-8-4-14(12-20)21-16(11-13-5-9-22-10-6-13)19-15-3-2-7-18-17(15)21/h2-3,7,13-14H,4-6,8-12H2,1H3. The Balaban J connectivity index is 1.69. The van der Waals surface area contributed by atoms with E-state index in [2.05, 4.69) is 27.6 Å². The van der Waals surface area contributed by atoms with Gasteiger partial charge in [0, 0.05) is 32.4 Å². The number of nitrogens with zero attached hydrogens (tertiary/aromatic N) is 4. The van der Waals surface area contributed by atoms with Crippen LogP contribution >= 0.6 is 0 Å². The molecule has 0 radical (unpaired) electrons. The highest BCUT2D eigenvalue weighted by Crippen LogP contribution is 2.29. The lowest BCUT2D eigenvalue weighted by molar-refractivity contribution is 0.0657. The smallest absolute Gasteiger partial charge is 0.160 e. The van der Waals surface area contributed by atoms with Gasteiger partial charge in [-0.15, -0.1) is 0 Å². The monoisotopic (exact) mass is 300 g/mol. The zero-order valence-corrected chi connectivity index (χ0v) is 13.2. The van der Waals surface area contributed by atoms with Crippen molar-refractivity contribution in [1.82, 2.24) is 19.4 Å². The summed E-state index contributed by atoms with van der Waals surface area (Å²) in [6, 6.07) is 4.59. The molecule has 1 atom stereocenters. The van der Waals surface area contributed by atoms with Crippen molar-refractivity contribution in [2.45, 2.75) is 31.7 Å². The van der Waals surface area contributed by atoms with Crippen LogP contribution in [-0.2, 0) is 11.2 Å². The molecule has 2 fully saturated rings. The molecule has 2 aliphatic rings. The molecule has 0 aromatic carbocycles. The van der Waals surface area contributed by atoms with Gasteiger partial charge in [0.1, 0.15) is 11.3 Å². The molecule has 0 spiro atoms. The van der Waals surface area contributed by atoms with E-state index in [1.54, 1.807) is 0 Å². The fourth-order valence-corrected chi connectivity index (χ4v) is 3.84. The molecule has 0 aliphatic carbocycles. The molecule has 0 bridgehead atoms. The predicted molar refractivity (Wildman–Crippen MR) is 85.9 cm³/mol. The minimum absolute atomic E-state index is 0.514. The molecule has 0 N–H and O–H groups in total. The van der Waals surface area contributed by atoms with E-state index in [0.29, 0.717) is 12.0 Å². The van der Waals surface area contributed by atoms with E-state index in [-0.39, 0.29) is 0 Å². The maximum Gasteiger partial charge on any atom is 0.160 e. The van der Waals surface area contributed by atoms with Crippen LogP contribution in [0.5, 0.6) is 0 Å². The lowest BCUT2D eigenvalue weighted by atomic mass is 9.96. The summed E-state index contributed by atoms with van der Waals surface area (Å²) in [4.78, 5) is 11.9. The maximum atomic E-state index is 5.49. The van der Waals surface area contributed by atoms with Gasteiger partial charge in [-0.1, -0.05) is 0 Å². The molecular formula is C17H24N4O. The zero-order valence-electron chi connectivity index (χ0n) is 13.2. The molecule has 5 nitrogen and oxygen atoms in total. The number of aromatic nitrogens is 3. The van der Waals surface area contributed by atoms with E-state index < -0.39 is 0 Å². The summed E-state index contributed by atoms with van der Waals surface area (Å²) in [5, 5.41) is 0. The first-order valence-corrected chi connectivity index (χ1v) is 8.39. The van der Waals surface area contributed by atoms with E-state index in [4.69, 9.17) is 9.72 Å². The Labute approximate surface area is 131 Å². The van der Waals surface area contributed by atoms with Gasteiger partial charge in [0.15, 0.2) is 5.65 Å². The predicted octanol–water partition coefficient (Wildman–Crippen LogP) is 2.28. The SMILES string of the molecule is CN1CCC(n2c(CC3CCOCC3)nc3cccnc32)C1. The molecule has 118 valence electrons. The first-order valence-electron chi connectivity index (χ1n) is 8.39.